The Kier molecular flexibility index (Phi) is 10.9. The second-order valence-corrected chi connectivity index (χ2v) is 13.3. The second kappa shape index (κ2) is 15.3. The van der Waals surface area contributed by atoms with Gasteiger partial charge in [-0.3, -0.25) is 13.9 Å². The normalized spacial score (nSPS) is 13.7. The fraction of sp³-hybridized carbons (Fsp3) is 0.278. The van der Waals surface area contributed by atoms with E-state index in [0.29, 0.717) is 24.3 Å². The van der Waals surface area contributed by atoms with E-state index in [2.05, 4.69) is 5.32 Å². The lowest BCUT2D eigenvalue weighted by atomic mass is 10.0. The van der Waals surface area contributed by atoms with Crippen molar-refractivity contribution in [3.8, 4) is 11.5 Å². The number of sulfonamides is 1. The standard InChI is InChI=1S/C36H37F2N3O6S/c1-3-25(2)39-36(43)32(21-26-7-5-4-6-8-26)40(23-27-9-11-28(37)12-10-27)35(42)24-41(30-15-13-29(38)14-16-30)48(44,45)31-17-18-33-34(22-31)47-20-19-46-33/h4-18,22,25,32H,3,19-21,23-24H2,1-2H3,(H,39,43)/t25-,32+/m1/s1. The van der Waals surface area contributed by atoms with Gasteiger partial charge in [-0.25, -0.2) is 17.2 Å². The molecular formula is C36H37F2N3O6S. The van der Waals surface area contributed by atoms with Crippen LogP contribution in [0.3, 0.4) is 0 Å². The van der Waals surface area contributed by atoms with Crippen LogP contribution < -0.4 is 19.1 Å². The molecule has 48 heavy (non-hydrogen) atoms. The number of nitrogens with one attached hydrogen (secondary N) is 1. The molecule has 12 heteroatoms. The Bertz CT molecular complexity index is 1820. The van der Waals surface area contributed by atoms with Crippen LogP contribution >= 0.6 is 0 Å². The van der Waals surface area contributed by atoms with Crippen LogP contribution in [0.5, 0.6) is 11.5 Å². The Labute approximate surface area is 279 Å². The van der Waals surface area contributed by atoms with Crippen LogP contribution in [0.15, 0.2) is 102 Å². The number of nitrogens with zero attached hydrogens (tertiary/aromatic N) is 2. The lowest BCUT2D eigenvalue weighted by Gasteiger charge is -2.34. The van der Waals surface area contributed by atoms with Crippen LogP contribution in [0.1, 0.15) is 31.4 Å². The zero-order chi connectivity index (χ0) is 34.3. The lowest BCUT2D eigenvalue weighted by molar-refractivity contribution is -0.140. The number of hydrogen-bond donors (Lipinski definition) is 1. The highest BCUT2D eigenvalue weighted by molar-refractivity contribution is 7.92. The summed E-state index contributed by atoms with van der Waals surface area (Å²) in [6.07, 6.45) is 0.767. The topological polar surface area (TPSA) is 105 Å². The Hall–Kier alpha value is -4.97. The van der Waals surface area contributed by atoms with Crippen molar-refractivity contribution in [1.29, 1.82) is 0 Å². The molecule has 1 heterocycles. The molecule has 1 N–H and O–H groups in total. The van der Waals surface area contributed by atoms with Crippen molar-refractivity contribution < 1.29 is 36.3 Å². The van der Waals surface area contributed by atoms with Gasteiger partial charge in [-0.15, -0.1) is 0 Å². The van der Waals surface area contributed by atoms with Gasteiger partial charge in [0.1, 0.15) is 37.4 Å². The molecule has 1 aliphatic heterocycles. The molecule has 0 aliphatic carbocycles. The first-order valence-corrected chi connectivity index (χ1v) is 17.1. The molecule has 0 bridgehead atoms. The van der Waals surface area contributed by atoms with Crippen molar-refractivity contribution in [1.82, 2.24) is 10.2 Å². The van der Waals surface area contributed by atoms with E-state index >= 15 is 0 Å². The summed E-state index contributed by atoms with van der Waals surface area (Å²) in [5, 5.41) is 2.96. The number of carbonyl (C=O) groups is 2. The Morgan fingerprint density at radius 1 is 0.833 bits per heavy atom. The van der Waals surface area contributed by atoms with Crippen LogP contribution in [0.2, 0.25) is 0 Å². The third-order valence-electron chi connectivity index (χ3n) is 8.03. The number of rotatable bonds is 13. The first kappa shape index (κ1) is 34.4. The number of amides is 2. The van der Waals surface area contributed by atoms with Gasteiger partial charge in [-0.1, -0.05) is 49.4 Å². The number of anilines is 1. The first-order valence-electron chi connectivity index (χ1n) is 15.6. The minimum Gasteiger partial charge on any atom is -0.486 e. The minimum atomic E-state index is -4.46. The van der Waals surface area contributed by atoms with Gasteiger partial charge in [0.05, 0.1) is 10.6 Å². The van der Waals surface area contributed by atoms with Crippen molar-refractivity contribution in [2.24, 2.45) is 0 Å². The van der Waals surface area contributed by atoms with Gasteiger partial charge in [0, 0.05) is 25.1 Å². The molecule has 0 unspecified atom stereocenters. The molecule has 2 atom stereocenters. The molecule has 4 aromatic carbocycles. The average Bonchev–Trinajstić information content (AvgIpc) is 3.10. The van der Waals surface area contributed by atoms with Crippen LogP contribution in [-0.4, -0.2) is 57.0 Å². The maximum atomic E-state index is 14.5. The van der Waals surface area contributed by atoms with E-state index in [4.69, 9.17) is 9.47 Å². The number of halogens is 2. The zero-order valence-electron chi connectivity index (χ0n) is 26.6. The SMILES string of the molecule is CC[C@@H](C)NC(=O)[C@H](Cc1ccccc1)N(Cc1ccc(F)cc1)C(=O)CN(c1ccc(F)cc1)S(=O)(=O)c1ccc2c(c1)OCCO2. The van der Waals surface area contributed by atoms with Gasteiger partial charge in [0.15, 0.2) is 11.5 Å². The monoisotopic (exact) mass is 677 g/mol. The summed E-state index contributed by atoms with van der Waals surface area (Å²) in [7, 11) is -4.46. The van der Waals surface area contributed by atoms with E-state index in [9.17, 15) is 26.8 Å². The number of ether oxygens (including phenoxy) is 2. The third-order valence-corrected chi connectivity index (χ3v) is 9.80. The van der Waals surface area contributed by atoms with Gasteiger partial charge in [0.25, 0.3) is 10.0 Å². The molecule has 252 valence electrons. The van der Waals surface area contributed by atoms with Crippen molar-refractivity contribution in [3.05, 3.63) is 120 Å². The zero-order valence-corrected chi connectivity index (χ0v) is 27.5. The van der Waals surface area contributed by atoms with E-state index in [0.717, 1.165) is 22.0 Å². The van der Waals surface area contributed by atoms with Gasteiger partial charge in [0.2, 0.25) is 11.8 Å². The quantitative estimate of drug-likeness (QED) is 0.201. The molecule has 5 rings (SSSR count). The summed E-state index contributed by atoms with van der Waals surface area (Å²) in [4.78, 5) is 29.5. The summed E-state index contributed by atoms with van der Waals surface area (Å²) < 4.78 is 68.5. The average molecular weight is 678 g/mol. The maximum Gasteiger partial charge on any atom is 0.264 e. The fourth-order valence-electron chi connectivity index (χ4n) is 5.23. The predicted octanol–water partition coefficient (Wildman–Crippen LogP) is 5.49. The third kappa shape index (κ3) is 8.29. The molecule has 0 radical (unpaired) electrons. The number of fused-ring (bicyclic) bond motifs is 1. The van der Waals surface area contributed by atoms with Crippen molar-refractivity contribution in [3.63, 3.8) is 0 Å². The molecule has 0 aromatic heterocycles. The Morgan fingerprint density at radius 2 is 1.46 bits per heavy atom. The first-order chi connectivity index (χ1) is 23.0. The largest absolute Gasteiger partial charge is 0.486 e. The molecular weight excluding hydrogens is 640 g/mol. The van der Waals surface area contributed by atoms with Gasteiger partial charge in [-0.2, -0.15) is 0 Å². The van der Waals surface area contributed by atoms with E-state index in [-0.39, 0.29) is 41.9 Å². The Morgan fingerprint density at radius 3 is 2.10 bits per heavy atom. The highest BCUT2D eigenvalue weighted by Crippen LogP contribution is 2.34. The summed E-state index contributed by atoms with van der Waals surface area (Å²) in [6.45, 7) is 3.46. The van der Waals surface area contributed by atoms with Crippen LogP contribution in [0.4, 0.5) is 14.5 Å². The van der Waals surface area contributed by atoms with E-state index in [1.165, 1.54) is 59.5 Å². The fourth-order valence-corrected chi connectivity index (χ4v) is 6.66. The van der Waals surface area contributed by atoms with Gasteiger partial charge in [-0.05, 0) is 73.0 Å². The minimum absolute atomic E-state index is 0.0324. The molecule has 4 aromatic rings. The van der Waals surface area contributed by atoms with Crippen molar-refractivity contribution >= 4 is 27.5 Å². The second-order valence-electron chi connectivity index (χ2n) is 11.5. The van der Waals surface area contributed by atoms with Crippen LogP contribution in [0.25, 0.3) is 0 Å². The van der Waals surface area contributed by atoms with Crippen molar-refractivity contribution in [2.45, 2.75) is 50.2 Å². The molecule has 2 amide bonds. The molecule has 9 nitrogen and oxygen atoms in total. The highest BCUT2D eigenvalue weighted by atomic mass is 32.2. The van der Waals surface area contributed by atoms with Gasteiger partial charge < -0.3 is 19.7 Å². The molecule has 0 saturated heterocycles. The summed E-state index contributed by atoms with van der Waals surface area (Å²) in [6, 6.07) is 22.3. The maximum absolute atomic E-state index is 14.5. The number of benzene rings is 4. The predicted molar refractivity (Wildman–Crippen MR) is 177 cm³/mol. The Balaban J connectivity index is 1.57. The lowest BCUT2D eigenvalue weighted by Crippen LogP contribution is -2.54. The summed E-state index contributed by atoms with van der Waals surface area (Å²) in [5.41, 5.74) is 1.34. The molecule has 0 saturated carbocycles. The molecule has 1 aliphatic rings. The number of carbonyl (C=O) groups excluding carboxylic acids is 2. The summed E-state index contributed by atoms with van der Waals surface area (Å²) >= 11 is 0. The van der Waals surface area contributed by atoms with E-state index in [1.54, 1.807) is 0 Å². The summed E-state index contributed by atoms with van der Waals surface area (Å²) in [5.74, 6) is -1.58. The smallest absolute Gasteiger partial charge is 0.264 e. The van der Waals surface area contributed by atoms with Crippen LogP contribution in [0, 0.1) is 11.6 Å². The van der Waals surface area contributed by atoms with Crippen LogP contribution in [-0.2, 0) is 32.6 Å². The molecule has 0 spiro atoms. The molecule has 0 fully saturated rings. The van der Waals surface area contributed by atoms with E-state index in [1.807, 2.05) is 44.2 Å². The number of hydrogen-bond acceptors (Lipinski definition) is 6. The van der Waals surface area contributed by atoms with Gasteiger partial charge >= 0.3 is 0 Å². The van der Waals surface area contributed by atoms with Crippen molar-refractivity contribution in [2.75, 3.05) is 24.1 Å². The van der Waals surface area contributed by atoms with E-state index < -0.39 is 46.1 Å². The highest BCUT2D eigenvalue weighted by Gasteiger charge is 2.35.